The number of aliphatic hydroxyl groups excluding tert-OH is 2. The summed E-state index contributed by atoms with van der Waals surface area (Å²) < 4.78 is 52.5. The molecular formula is C23H27N10O10P2S+. The molecule has 244 valence electrons. The van der Waals surface area contributed by atoms with E-state index in [1.54, 1.807) is 4.57 Å². The molecule has 0 amide bonds. The van der Waals surface area contributed by atoms with E-state index in [1.807, 2.05) is 0 Å². The third kappa shape index (κ3) is 4.53. The van der Waals surface area contributed by atoms with Crippen molar-refractivity contribution in [1.82, 2.24) is 39.0 Å². The zero-order valence-corrected chi connectivity index (χ0v) is 26.1. The number of aromatic amines is 1. The Bertz CT molecular complexity index is 1990. The molecule has 46 heavy (non-hydrogen) atoms. The van der Waals surface area contributed by atoms with Crippen molar-refractivity contribution in [2.45, 2.75) is 53.9 Å². The minimum atomic E-state index is -4.93. The number of hydrogen-bond donors (Lipinski definition) is 6. The van der Waals surface area contributed by atoms with Gasteiger partial charge in [0.25, 0.3) is 5.56 Å². The fraction of sp³-hybridized carbons (Fsp3) is 0.565. The Morgan fingerprint density at radius 1 is 1.11 bits per heavy atom. The number of hydrogen-bond acceptors (Lipinski definition) is 17. The lowest BCUT2D eigenvalue weighted by molar-refractivity contribution is -0.0895. The Balaban J connectivity index is 1.14. The third-order valence-electron chi connectivity index (χ3n) is 9.34. The number of aliphatic hydroxyl groups is 2. The molecule has 4 aromatic heterocycles. The van der Waals surface area contributed by atoms with Crippen LogP contribution in [0.5, 0.6) is 0 Å². The van der Waals surface area contributed by atoms with Crippen molar-refractivity contribution >= 4 is 61.9 Å². The van der Waals surface area contributed by atoms with Crippen molar-refractivity contribution in [2.24, 2.45) is 11.3 Å². The lowest BCUT2D eigenvalue weighted by atomic mass is 9.60. The summed E-state index contributed by atoms with van der Waals surface area (Å²) >= 11 is 1.05. The molecule has 1 spiro atoms. The summed E-state index contributed by atoms with van der Waals surface area (Å²) in [5.74, 6) is -0.431. The van der Waals surface area contributed by atoms with E-state index in [0.29, 0.717) is 24.0 Å². The normalized spacial score (nSPS) is 38.9. The predicted octanol–water partition coefficient (Wildman–Crippen LogP) is -0.0142. The second-order valence-corrected chi connectivity index (χ2v) is 15.3. The van der Waals surface area contributed by atoms with E-state index in [2.05, 4.69) is 29.9 Å². The zero-order chi connectivity index (χ0) is 32.1. The van der Waals surface area contributed by atoms with Gasteiger partial charge in [0.1, 0.15) is 36.0 Å². The number of fused-ring (bicyclic) bond motifs is 4. The average molecular weight is 698 g/mol. The van der Waals surface area contributed by atoms with Crippen LogP contribution in [-0.4, -0.2) is 97.0 Å². The van der Waals surface area contributed by atoms with E-state index < -0.39 is 80.7 Å². The number of aromatic nitrogens is 8. The lowest BCUT2D eigenvalue weighted by Crippen LogP contribution is -2.49. The molecule has 2 bridgehead atoms. The Kier molecular flexibility index (Phi) is 7.04. The highest BCUT2D eigenvalue weighted by molar-refractivity contribution is 8.00. The number of nitrogens with zero attached hydrogens (tertiary/aromatic N) is 7. The van der Waals surface area contributed by atoms with Gasteiger partial charge in [-0.1, -0.05) is 0 Å². The van der Waals surface area contributed by atoms with Gasteiger partial charge < -0.3 is 31.1 Å². The topological polar surface area (TPSA) is 291 Å². The van der Waals surface area contributed by atoms with Gasteiger partial charge in [0, 0.05) is 9.98 Å². The highest BCUT2D eigenvalue weighted by Crippen LogP contribution is 2.66. The maximum Gasteiger partial charge on any atom is 0.697 e. The van der Waals surface area contributed by atoms with E-state index in [1.165, 1.54) is 23.5 Å². The van der Waals surface area contributed by atoms with Crippen LogP contribution in [0, 0.1) is 11.3 Å². The van der Waals surface area contributed by atoms with Crippen LogP contribution in [0.4, 0.5) is 11.8 Å². The molecule has 8 rings (SSSR count). The minimum absolute atomic E-state index is 0.0487. The Labute approximate surface area is 262 Å². The predicted molar refractivity (Wildman–Crippen MR) is 158 cm³/mol. The quantitative estimate of drug-likeness (QED) is 0.150. The van der Waals surface area contributed by atoms with Crippen LogP contribution in [0.3, 0.4) is 0 Å². The molecule has 3 unspecified atom stereocenters. The van der Waals surface area contributed by atoms with E-state index in [0.717, 1.165) is 11.8 Å². The Morgan fingerprint density at radius 3 is 2.67 bits per heavy atom. The number of nitrogens with two attached hydrogens (primary N) is 2. The van der Waals surface area contributed by atoms with Gasteiger partial charge in [0.15, 0.2) is 28.7 Å². The van der Waals surface area contributed by atoms with Crippen molar-refractivity contribution < 1.29 is 42.3 Å². The van der Waals surface area contributed by atoms with E-state index in [-0.39, 0.29) is 29.5 Å². The monoisotopic (exact) mass is 697 g/mol. The number of nitrogens with one attached hydrogen (secondary N) is 1. The largest absolute Gasteiger partial charge is 0.697 e. The number of anilines is 2. The zero-order valence-electron chi connectivity index (χ0n) is 23.5. The van der Waals surface area contributed by atoms with Crippen LogP contribution in [-0.2, 0) is 27.2 Å². The molecule has 0 radical (unpaired) electrons. The molecule has 20 nitrogen and oxygen atoms in total. The van der Waals surface area contributed by atoms with Crippen LogP contribution in [0.1, 0.15) is 24.3 Å². The number of phosphoric acid groups is 1. The van der Waals surface area contributed by atoms with Crippen molar-refractivity contribution in [2.75, 3.05) is 24.7 Å². The number of thioether (sulfide) groups is 1. The van der Waals surface area contributed by atoms with Crippen LogP contribution in [0.15, 0.2) is 23.8 Å². The van der Waals surface area contributed by atoms with Gasteiger partial charge in [-0.05, 0) is 18.8 Å². The van der Waals surface area contributed by atoms with Crippen molar-refractivity contribution in [1.29, 1.82) is 0 Å². The summed E-state index contributed by atoms with van der Waals surface area (Å²) in [6.45, 7) is -0.760. The summed E-state index contributed by atoms with van der Waals surface area (Å²) in [6, 6.07) is -0.701. The van der Waals surface area contributed by atoms with Crippen LogP contribution in [0.25, 0.3) is 22.3 Å². The molecule has 6 heterocycles. The van der Waals surface area contributed by atoms with E-state index in [4.69, 9.17) is 29.6 Å². The number of imidazole rings is 2. The first-order valence-corrected chi connectivity index (χ1v) is 17.6. The lowest BCUT2D eigenvalue weighted by Gasteiger charge is -2.47. The molecule has 4 fully saturated rings. The molecule has 8 N–H and O–H groups in total. The molecular weight excluding hydrogens is 670 g/mol. The SMILES string of the molecule is Nc1nc2c(ncn2[C@@H]2S[C@@H]3CO[P+](=O)O[C@H]4[C@@H](O)[C@H](n5cnc6c(N)ncnc65)[C@H]5CCC54COP(=O)(O)O[C@@H]2[C@@H]3O)c(=O)[nH]1. The molecule has 23 heteroatoms. The van der Waals surface area contributed by atoms with Crippen molar-refractivity contribution in [3.05, 3.63) is 29.3 Å². The number of H-pyrrole nitrogens is 1. The minimum Gasteiger partial charge on any atom is -0.389 e. The average Bonchev–Trinajstić information content (AvgIpc) is 3.72. The molecule has 2 saturated heterocycles. The molecule has 0 aromatic carbocycles. The highest BCUT2D eigenvalue weighted by atomic mass is 32.2. The van der Waals surface area contributed by atoms with Gasteiger partial charge >= 0.3 is 16.1 Å². The fourth-order valence-corrected chi connectivity index (χ4v) is 10.7. The summed E-state index contributed by atoms with van der Waals surface area (Å²) in [7, 11) is -7.79. The van der Waals surface area contributed by atoms with Gasteiger partial charge in [0.2, 0.25) is 5.95 Å². The number of nitrogen functional groups attached to an aromatic ring is 2. The molecule has 2 aliphatic carbocycles. The summed E-state index contributed by atoms with van der Waals surface area (Å²) in [5.41, 5.74) is 10.7. The van der Waals surface area contributed by atoms with Gasteiger partial charge in [-0.2, -0.15) is 4.98 Å². The first-order chi connectivity index (χ1) is 22.0. The first-order valence-electron chi connectivity index (χ1n) is 14.1. The molecule has 11 atom stereocenters. The molecule has 2 saturated carbocycles. The van der Waals surface area contributed by atoms with Crippen LogP contribution < -0.4 is 17.0 Å². The third-order valence-corrected chi connectivity index (χ3v) is 12.6. The smallest absolute Gasteiger partial charge is 0.389 e. The van der Waals surface area contributed by atoms with Crippen LogP contribution >= 0.6 is 27.8 Å². The highest BCUT2D eigenvalue weighted by Gasteiger charge is 2.69. The van der Waals surface area contributed by atoms with E-state index in [9.17, 15) is 29.0 Å². The molecule has 2 aliphatic heterocycles. The summed E-state index contributed by atoms with van der Waals surface area (Å²) in [5, 5.41) is 21.0. The summed E-state index contributed by atoms with van der Waals surface area (Å²) in [4.78, 5) is 46.5. The summed E-state index contributed by atoms with van der Waals surface area (Å²) in [6.07, 6.45) is -0.305. The Hall–Kier alpha value is -3.10. The van der Waals surface area contributed by atoms with Gasteiger partial charge in [-0.25, -0.2) is 24.5 Å². The van der Waals surface area contributed by atoms with Gasteiger partial charge in [0.05, 0.1) is 36.7 Å². The van der Waals surface area contributed by atoms with Crippen molar-refractivity contribution in [3.8, 4) is 0 Å². The second kappa shape index (κ2) is 10.7. The standard InChI is InChI=1S/C23H26N10O10P2S/c24-17-10-18(27-5-26-17)32(6-28-10)12-8-1-2-23(8)4-41-45(38,39)43-15-13(34)9(3-40-44(37)42-16(23)14(12)35)46-21(15)33-7-29-11-19(33)30-22(25)31-20(11)36/h5-9,12-16,21,34-35H,1-4H2,(H5-,24,25,26,27,30,31,36,38,39)/p+1/t8-,9-,12-,13-,14+,15-,16+,21-,23?/m1/s1. The maximum atomic E-state index is 13.5. The molecule has 4 aromatic rings. The fourth-order valence-electron chi connectivity index (χ4n) is 7.14. The molecule has 4 aliphatic rings. The van der Waals surface area contributed by atoms with Crippen LogP contribution in [0.2, 0.25) is 0 Å². The number of phosphoric ester groups is 1. The van der Waals surface area contributed by atoms with E-state index >= 15 is 0 Å². The number of rotatable bonds is 2. The van der Waals surface area contributed by atoms with Gasteiger partial charge in [-0.15, -0.1) is 20.8 Å². The first kappa shape index (κ1) is 30.2. The van der Waals surface area contributed by atoms with Gasteiger partial charge in [-0.3, -0.25) is 23.4 Å². The van der Waals surface area contributed by atoms with Crippen molar-refractivity contribution in [3.63, 3.8) is 0 Å². The second-order valence-electron chi connectivity index (χ2n) is 11.6. The maximum absolute atomic E-state index is 13.5. The Morgan fingerprint density at radius 2 is 1.89 bits per heavy atom.